The fourth-order valence-corrected chi connectivity index (χ4v) is 3.70. The molecule has 0 N–H and O–H groups in total. The lowest BCUT2D eigenvalue weighted by Gasteiger charge is -2.36. The number of para-hydroxylation sites is 2. The van der Waals surface area contributed by atoms with Crippen molar-refractivity contribution < 1.29 is 17.9 Å². The first-order chi connectivity index (χ1) is 12.4. The number of sulfone groups is 1. The van der Waals surface area contributed by atoms with Crippen LogP contribution in [0.15, 0.2) is 53.4 Å². The Morgan fingerprint density at radius 2 is 1.58 bits per heavy atom. The molecule has 6 nitrogen and oxygen atoms in total. The standard InChI is InChI=1S/C19H22N2O4S/c1-25-18-6-4-3-5-17(18)20-11-13-21(14-12-20)19(22)15-7-9-16(10-8-15)26(2,23)24/h3-10H,11-14H2,1-2H3. The second-order valence-corrected chi connectivity index (χ2v) is 8.26. The third-order valence-electron chi connectivity index (χ3n) is 4.52. The van der Waals surface area contributed by atoms with Crippen molar-refractivity contribution in [3.63, 3.8) is 0 Å². The number of ether oxygens (including phenoxy) is 1. The molecule has 2 aromatic rings. The molecule has 0 bridgehead atoms. The summed E-state index contributed by atoms with van der Waals surface area (Å²) in [7, 11) is -1.61. The third-order valence-corrected chi connectivity index (χ3v) is 5.65. The number of hydrogen-bond donors (Lipinski definition) is 0. The van der Waals surface area contributed by atoms with E-state index in [0.717, 1.165) is 17.7 Å². The Morgan fingerprint density at radius 3 is 2.15 bits per heavy atom. The first-order valence-corrected chi connectivity index (χ1v) is 10.3. The van der Waals surface area contributed by atoms with Crippen molar-refractivity contribution in [2.75, 3.05) is 44.4 Å². The van der Waals surface area contributed by atoms with Gasteiger partial charge in [0.15, 0.2) is 9.84 Å². The summed E-state index contributed by atoms with van der Waals surface area (Å²) in [5, 5.41) is 0. The largest absolute Gasteiger partial charge is 0.495 e. The molecule has 0 spiro atoms. The molecular weight excluding hydrogens is 352 g/mol. The zero-order valence-electron chi connectivity index (χ0n) is 14.9. The van der Waals surface area contributed by atoms with E-state index in [2.05, 4.69) is 4.90 Å². The van der Waals surface area contributed by atoms with Crippen LogP contribution in [0.3, 0.4) is 0 Å². The van der Waals surface area contributed by atoms with Gasteiger partial charge >= 0.3 is 0 Å². The molecule has 0 radical (unpaired) electrons. The number of anilines is 1. The van der Waals surface area contributed by atoms with E-state index >= 15 is 0 Å². The number of amides is 1. The number of benzene rings is 2. The van der Waals surface area contributed by atoms with E-state index in [-0.39, 0.29) is 10.8 Å². The van der Waals surface area contributed by atoms with Crippen molar-refractivity contribution in [3.05, 3.63) is 54.1 Å². The minimum Gasteiger partial charge on any atom is -0.495 e. The molecule has 138 valence electrons. The van der Waals surface area contributed by atoms with Crippen LogP contribution in [0, 0.1) is 0 Å². The smallest absolute Gasteiger partial charge is 0.253 e. The zero-order chi connectivity index (χ0) is 18.7. The molecule has 1 saturated heterocycles. The number of piperazine rings is 1. The maximum absolute atomic E-state index is 12.7. The average molecular weight is 374 g/mol. The van der Waals surface area contributed by atoms with Crippen LogP contribution in [-0.2, 0) is 9.84 Å². The Hall–Kier alpha value is -2.54. The van der Waals surface area contributed by atoms with Gasteiger partial charge in [-0.25, -0.2) is 8.42 Å². The van der Waals surface area contributed by atoms with Crippen LogP contribution in [0.1, 0.15) is 10.4 Å². The molecule has 2 aromatic carbocycles. The summed E-state index contributed by atoms with van der Waals surface area (Å²) < 4.78 is 28.5. The minimum absolute atomic E-state index is 0.0790. The van der Waals surface area contributed by atoms with Crippen LogP contribution in [0.4, 0.5) is 5.69 Å². The number of nitrogens with zero attached hydrogens (tertiary/aromatic N) is 2. The highest BCUT2D eigenvalue weighted by atomic mass is 32.2. The minimum atomic E-state index is -3.26. The van der Waals surface area contributed by atoms with Gasteiger partial charge in [0.2, 0.25) is 0 Å². The van der Waals surface area contributed by atoms with Crippen molar-refractivity contribution in [2.24, 2.45) is 0 Å². The number of methoxy groups -OCH3 is 1. The number of carbonyl (C=O) groups is 1. The van der Waals surface area contributed by atoms with Crippen LogP contribution in [0.2, 0.25) is 0 Å². The first-order valence-electron chi connectivity index (χ1n) is 8.37. The lowest BCUT2D eigenvalue weighted by atomic mass is 10.1. The molecular formula is C19H22N2O4S. The van der Waals surface area contributed by atoms with Gasteiger partial charge in [0, 0.05) is 38.0 Å². The number of carbonyl (C=O) groups excluding carboxylic acids is 1. The predicted octanol–water partition coefficient (Wildman–Crippen LogP) is 2.06. The summed E-state index contributed by atoms with van der Waals surface area (Å²) in [5.74, 6) is 0.744. The van der Waals surface area contributed by atoms with Crippen molar-refractivity contribution >= 4 is 21.4 Å². The molecule has 0 saturated carbocycles. The maximum Gasteiger partial charge on any atom is 0.253 e. The van der Waals surface area contributed by atoms with Crippen LogP contribution >= 0.6 is 0 Å². The van der Waals surface area contributed by atoms with Gasteiger partial charge in [-0.05, 0) is 36.4 Å². The van der Waals surface area contributed by atoms with E-state index in [1.165, 1.54) is 12.1 Å². The highest BCUT2D eigenvalue weighted by Gasteiger charge is 2.23. The van der Waals surface area contributed by atoms with Gasteiger partial charge in [-0.2, -0.15) is 0 Å². The van der Waals surface area contributed by atoms with E-state index in [4.69, 9.17) is 4.74 Å². The van der Waals surface area contributed by atoms with Crippen molar-refractivity contribution in [1.82, 2.24) is 4.90 Å². The summed E-state index contributed by atoms with van der Waals surface area (Å²) in [6.45, 7) is 2.64. The van der Waals surface area contributed by atoms with Crippen LogP contribution < -0.4 is 9.64 Å². The van der Waals surface area contributed by atoms with Gasteiger partial charge in [-0.1, -0.05) is 12.1 Å². The molecule has 0 unspecified atom stereocenters. The number of rotatable bonds is 4. The maximum atomic E-state index is 12.7. The predicted molar refractivity (Wildman–Crippen MR) is 101 cm³/mol. The lowest BCUT2D eigenvalue weighted by Crippen LogP contribution is -2.48. The van der Waals surface area contributed by atoms with Gasteiger partial charge in [-0.15, -0.1) is 0 Å². The molecule has 0 aromatic heterocycles. The summed E-state index contributed by atoms with van der Waals surface area (Å²) in [4.78, 5) is 16.9. The summed E-state index contributed by atoms with van der Waals surface area (Å²) >= 11 is 0. The van der Waals surface area contributed by atoms with E-state index in [0.29, 0.717) is 31.7 Å². The van der Waals surface area contributed by atoms with E-state index in [1.54, 1.807) is 24.1 Å². The van der Waals surface area contributed by atoms with Crippen molar-refractivity contribution in [3.8, 4) is 5.75 Å². The molecule has 0 aliphatic carbocycles. The Kier molecular flexibility index (Phi) is 5.18. The van der Waals surface area contributed by atoms with Gasteiger partial charge < -0.3 is 14.5 Å². The van der Waals surface area contributed by atoms with Crippen LogP contribution in [0.5, 0.6) is 5.75 Å². The summed E-state index contributed by atoms with van der Waals surface area (Å²) in [6.07, 6.45) is 1.15. The molecule has 0 atom stereocenters. The fraction of sp³-hybridized carbons (Fsp3) is 0.316. The lowest BCUT2D eigenvalue weighted by molar-refractivity contribution is 0.0746. The molecule has 1 aliphatic heterocycles. The van der Waals surface area contributed by atoms with Gasteiger partial charge in [0.05, 0.1) is 17.7 Å². The zero-order valence-corrected chi connectivity index (χ0v) is 15.7. The first kappa shape index (κ1) is 18.3. The average Bonchev–Trinajstić information content (AvgIpc) is 2.67. The topological polar surface area (TPSA) is 66.9 Å². The molecule has 1 amide bonds. The highest BCUT2D eigenvalue weighted by molar-refractivity contribution is 7.90. The molecule has 1 fully saturated rings. The normalized spacial score (nSPS) is 15.0. The Labute approximate surface area is 153 Å². The van der Waals surface area contributed by atoms with E-state index in [9.17, 15) is 13.2 Å². The van der Waals surface area contributed by atoms with Crippen molar-refractivity contribution in [2.45, 2.75) is 4.90 Å². The fourth-order valence-electron chi connectivity index (χ4n) is 3.07. The van der Waals surface area contributed by atoms with Gasteiger partial charge in [0.25, 0.3) is 5.91 Å². The Balaban J connectivity index is 1.67. The SMILES string of the molecule is COc1ccccc1N1CCN(C(=O)c2ccc(S(C)(=O)=O)cc2)CC1. The molecule has 3 rings (SSSR count). The third kappa shape index (κ3) is 3.83. The van der Waals surface area contributed by atoms with Gasteiger partial charge in [0.1, 0.15) is 5.75 Å². The molecule has 1 aliphatic rings. The Morgan fingerprint density at radius 1 is 0.962 bits per heavy atom. The second kappa shape index (κ2) is 7.37. The highest BCUT2D eigenvalue weighted by Crippen LogP contribution is 2.28. The van der Waals surface area contributed by atoms with Crippen LogP contribution in [0.25, 0.3) is 0 Å². The quantitative estimate of drug-likeness (QED) is 0.820. The molecule has 26 heavy (non-hydrogen) atoms. The monoisotopic (exact) mass is 374 g/mol. The van der Waals surface area contributed by atoms with E-state index < -0.39 is 9.84 Å². The second-order valence-electron chi connectivity index (χ2n) is 6.25. The summed E-state index contributed by atoms with van der Waals surface area (Å²) in [5.41, 5.74) is 1.53. The van der Waals surface area contributed by atoms with Gasteiger partial charge in [-0.3, -0.25) is 4.79 Å². The van der Waals surface area contributed by atoms with Crippen molar-refractivity contribution in [1.29, 1.82) is 0 Å². The molecule has 1 heterocycles. The molecule has 7 heteroatoms. The summed E-state index contributed by atoms with van der Waals surface area (Å²) in [6, 6.07) is 14.0. The van der Waals surface area contributed by atoms with Crippen LogP contribution in [-0.4, -0.2) is 58.8 Å². The number of hydrogen-bond acceptors (Lipinski definition) is 5. The Bertz CT molecular complexity index is 886. The van der Waals surface area contributed by atoms with E-state index in [1.807, 2.05) is 24.3 Å².